The van der Waals surface area contributed by atoms with Gasteiger partial charge in [-0.05, 0) is 69.0 Å². The normalized spacial score (nSPS) is 20.9. The molecule has 0 aromatic heterocycles. The van der Waals surface area contributed by atoms with Crippen LogP contribution in [-0.4, -0.2) is 26.2 Å². The third kappa shape index (κ3) is 2.06. The Morgan fingerprint density at radius 2 is 1.84 bits per heavy atom. The molecular weight excluding hydrogens is 232 g/mol. The Kier molecular flexibility index (Phi) is 3.30. The Hall–Kier alpha value is -1.02. The summed E-state index contributed by atoms with van der Waals surface area (Å²) in [5.74, 6) is 0. The van der Waals surface area contributed by atoms with Crippen molar-refractivity contribution in [1.29, 1.82) is 0 Å². The van der Waals surface area contributed by atoms with Gasteiger partial charge < -0.3 is 10.2 Å². The zero-order valence-corrected chi connectivity index (χ0v) is 12.6. The molecule has 1 aromatic rings. The van der Waals surface area contributed by atoms with Crippen LogP contribution >= 0.6 is 0 Å². The summed E-state index contributed by atoms with van der Waals surface area (Å²) in [5, 5.41) is 3.52. The van der Waals surface area contributed by atoms with Crippen LogP contribution in [0.1, 0.15) is 42.9 Å². The van der Waals surface area contributed by atoms with Gasteiger partial charge in [0.1, 0.15) is 0 Å². The number of benzene rings is 1. The topological polar surface area (TPSA) is 15.3 Å². The van der Waals surface area contributed by atoms with Crippen molar-refractivity contribution in [2.75, 3.05) is 31.1 Å². The van der Waals surface area contributed by atoms with Gasteiger partial charge in [-0.25, -0.2) is 0 Å². The minimum Gasteiger partial charge on any atom is -0.370 e. The van der Waals surface area contributed by atoms with Crippen LogP contribution in [0.2, 0.25) is 0 Å². The fraction of sp³-hybridized carbons (Fsp3) is 0.647. The van der Waals surface area contributed by atoms with Gasteiger partial charge in [-0.15, -0.1) is 0 Å². The predicted molar refractivity (Wildman–Crippen MR) is 82.2 cm³/mol. The van der Waals surface area contributed by atoms with E-state index in [2.05, 4.69) is 43.1 Å². The van der Waals surface area contributed by atoms with Crippen molar-refractivity contribution in [2.45, 2.75) is 45.4 Å². The Morgan fingerprint density at radius 1 is 1.16 bits per heavy atom. The average Bonchev–Trinajstić information content (AvgIpc) is 2.66. The lowest BCUT2D eigenvalue weighted by molar-refractivity contribution is 0.325. The third-order valence-corrected chi connectivity index (χ3v) is 5.07. The number of hydrogen-bond donors (Lipinski definition) is 1. The highest BCUT2D eigenvalue weighted by Crippen LogP contribution is 2.46. The van der Waals surface area contributed by atoms with E-state index in [-0.39, 0.29) is 0 Å². The highest BCUT2D eigenvalue weighted by atomic mass is 15.2. The van der Waals surface area contributed by atoms with Gasteiger partial charge in [0.15, 0.2) is 0 Å². The molecule has 1 fully saturated rings. The number of anilines is 1. The van der Waals surface area contributed by atoms with Crippen molar-refractivity contribution in [1.82, 2.24) is 5.32 Å². The summed E-state index contributed by atoms with van der Waals surface area (Å²) in [6, 6.07) is 4.91. The smallest absolute Gasteiger partial charge is 0.0408 e. The average molecular weight is 258 g/mol. The summed E-state index contributed by atoms with van der Waals surface area (Å²) in [7, 11) is 0. The van der Waals surface area contributed by atoms with Gasteiger partial charge in [0.2, 0.25) is 0 Å². The second-order valence-electron chi connectivity index (χ2n) is 6.41. The summed E-state index contributed by atoms with van der Waals surface area (Å²) in [4.78, 5) is 2.63. The van der Waals surface area contributed by atoms with E-state index in [1.165, 1.54) is 62.3 Å². The number of piperidine rings is 1. The van der Waals surface area contributed by atoms with E-state index in [0.717, 1.165) is 0 Å². The molecule has 19 heavy (non-hydrogen) atoms. The van der Waals surface area contributed by atoms with E-state index >= 15 is 0 Å². The molecule has 2 aliphatic heterocycles. The molecule has 1 saturated heterocycles. The van der Waals surface area contributed by atoms with Crippen LogP contribution in [0.5, 0.6) is 0 Å². The first-order chi connectivity index (χ1) is 9.16. The van der Waals surface area contributed by atoms with E-state index in [1.807, 2.05) is 0 Å². The van der Waals surface area contributed by atoms with E-state index in [9.17, 15) is 0 Å². The predicted octanol–water partition coefficient (Wildman–Crippen LogP) is 3.15. The summed E-state index contributed by atoms with van der Waals surface area (Å²) >= 11 is 0. The molecule has 0 bridgehead atoms. The quantitative estimate of drug-likeness (QED) is 0.876. The van der Waals surface area contributed by atoms with Crippen molar-refractivity contribution >= 4 is 5.69 Å². The summed E-state index contributed by atoms with van der Waals surface area (Å²) in [5.41, 5.74) is 6.46. The molecule has 2 nitrogen and oxygen atoms in total. The van der Waals surface area contributed by atoms with E-state index in [0.29, 0.717) is 5.41 Å². The highest BCUT2D eigenvalue weighted by molar-refractivity contribution is 5.65. The first-order valence-corrected chi connectivity index (χ1v) is 7.74. The number of hydrogen-bond acceptors (Lipinski definition) is 2. The number of nitrogens with one attached hydrogen (secondary N) is 1. The molecule has 2 heterocycles. The Bertz CT molecular complexity index is 472. The molecular formula is C17H26N2. The van der Waals surface area contributed by atoms with E-state index in [4.69, 9.17) is 0 Å². The maximum atomic E-state index is 3.52. The molecule has 1 spiro atoms. The van der Waals surface area contributed by atoms with Gasteiger partial charge in [-0.3, -0.25) is 0 Å². The van der Waals surface area contributed by atoms with Crippen LogP contribution in [0.25, 0.3) is 0 Å². The summed E-state index contributed by atoms with van der Waals surface area (Å²) in [6.45, 7) is 11.6. The van der Waals surface area contributed by atoms with Gasteiger partial charge in [0, 0.05) is 24.2 Å². The molecule has 2 aliphatic rings. The molecule has 3 rings (SSSR count). The molecule has 0 amide bonds. The lowest BCUT2D eigenvalue weighted by atomic mass is 9.74. The number of fused-ring (bicyclic) bond motifs is 2. The number of nitrogens with zero attached hydrogens (tertiary/aromatic N) is 1. The molecule has 0 saturated carbocycles. The molecule has 2 heteroatoms. The molecule has 104 valence electrons. The zero-order valence-electron chi connectivity index (χ0n) is 12.6. The summed E-state index contributed by atoms with van der Waals surface area (Å²) in [6.07, 6.45) is 3.83. The maximum Gasteiger partial charge on any atom is 0.0408 e. The van der Waals surface area contributed by atoms with Crippen LogP contribution in [0.15, 0.2) is 12.1 Å². The Balaban J connectivity index is 2.06. The first-order valence-electron chi connectivity index (χ1n) is 7.74. The zero-order chi connectivity index (χ0) is 13.5. The lowest BCUT2D eigenvalue weighted by Gasteiger charge is -2.35. The summed E-state index contributed by atoms with van der Waals surface area (Å²) < 4.78 is 0. The molecule has 0 atom stereocenters. The van der Waals surface area contributed by atoms with E-state index in [1.54, 1.807) is 5.56 Å². The van der Waals surface area contributed by atoms with Crippen molar-refractivity contribution in [2.24, 2.45) is 0 Å². The SMILES string of the molecule is CCCN1CC2(CCNCC2)c2cc(C)c(C)cc21. The Morgan fingerprint density at radius 3 is 2.53 bits per heavy atom. The molecule has 1 aromatic carbocycles. The van der Waals surface area contributed by atoms with E-state index < -0.39 is 0 Å². The number of aryl methyl sites for hydroxylation is 2. The van der Waals surface area contributed by atoms with Crippen LogP contribution < -0.4 is 10.2 Å². The van der Waals surface area contributed by atoms with Gasteiger partial charge >= 0.3 is 0 Å². The third-order valence-electron chi connectivity index (χ3n) is 5.07. The van der Waals surface area contributed by atoms with Gasteiger partial charge in [-0.2, -0.15) is 0 Å². The first kappa shape index (κ1) is 13.0. The van der Waals surface area contributed by atoms with Crippen molar-refractivity contribution in [3.8, 4) is 0 Å². The monoisotopic (exact) mass is 258 g/mol. The van der Waals surface area contributed by atoms with Gasteiger partial charge in [0.25, 0.3) is 0 Å². The fourth-order valence-electron chi connectivity index (χ4n) is 3.83. The molecule has 0 radical (unpaired) electrons. The van der Waals surface area contributed by atoms with Crippen LogP contribution in [0.3, 0.4) is 0 Å². The minimum atomic E-state index is 0.425. The standard InChI is InChI=1S/C17H26N2/c1-4-9-19-12-17(5-7-18-8-6-17)15-10-13(2)14(3)11-16(15)19/h10-11,18H,4-9,12H2,1-3H3. The second-order valence-corrected chi connectivity index (χ2v) is 6.41. The van der Waals surface area contributed by atoms with Crippen molar-refractivity contribution < 1.29 is 0 Å². The van der Waals surface area contributed by atoms with Crippen LogP contribution in [-0.2, 0) is 5.41 Å². The molecule has 1 N–H and O–H groups in total. The van der Waals surface area contributed by atoms with Gasteiger partial charge in [-0.1, -0.05) is 13.0 Å². The van der Waals surface area contributed by atoms with Crippen LogP contribution in [0.4, 0.5) is 5.69 Å². The molecule has 0 unspecified atom stereocenters. The highest BCUT2D eigenvalue weighted by Gasteiger charge is 2.43. The van der Waals surface area contributed by atoms with Crippen molar-refractivity contribution in [3.63, 3.8) is 0 Å². The second kappa shape index (κ2) is 4.82. The maximum absolute atomic E-state index is 3.52. The van der Waals surface area contributed by atoms with Crippen LogP contribution in [0, 0.1) is 13.8 Å². The number of rotatable bonds is 2. The Labute approximate surface area is 117 Å². The molecule has 0 aliphatic carbocycles. The minimum absolute atomic E-state index is 0.425. The largest absolute Gasteiger partial charge is 0.370 e. The lowest BCUT2D eigenvalue weighted by Crippen LogP contribution is -2.43. The fourth-order valence-corrected chi connectivity index (χ4v) is 3.83. The van der Waals surface area contributed by atoms with Crippen molar-refractivity contribution in [3.05, 3.63) is 28.8 Å². The van der Waals surface area contributed by atoms with Gasteiger partial charge in [0.05, 0.1) is 0 Å².